The molecule has 1 aliphatic rings. The quantitative estimate of drug-likeness (QED) is 0.298. The number of ether oxygens (including phenoxy) is 2. The summed E-state index contributed by atoms with van der Waals surface area (Å²) in [6.07, 6.45) is 0.823. The lowest BCUT2D eigenvalue weighted by Gasteiger charge is -2.26. The van der Waals surface area contributed by atoms with E-state index in [9.17, 15) is 14.7 Å². The average Bonchev–Trinajstić information content (AvgIpc) is 3.17. The van der Waals surface area contributed by atoms with Gasteiger partial charge in [0, 0.05) is 11.3 Å². The molecule has 1 aliphatic heterocycles. The molecule has 0 saturated carbocycles. The van der Waals surface area contributed by atoms with Crippen LogP contribution in [0.15, 0.2) is 78.4 Å². The van der Waals surface area contributed by atoms with Crippen LogP contribution in [-0.2, 0) is 9.59 Å². The molecule has 1 fully saturated rings. The summed E-state index contributed by atoms with van der Waals surface area (Å²) < 4.78 is 11.0. The number of aliphatic hydroxyl groups excluding tert-OH is 1. The Balaban J connectivity index is 1.91. The van der Waals surface area contributed by atoms with Crippen LogP contribution >= 0.6 is 0 Å². The summed E-state index contributed by atoms with van der Waals surface area (Å²) in [7, 11) is 1.50. The molecular weight excluding hydrogens is 444 g/mol. The molecule has 7 nitrogen and oxygen atoms in total. The number of Topliss-reactive ketones (excluding diaryl/α,β-unsaturated/α-hetero) is 1. The highest BCUT2D eigenvalue weighted by Gasteiger charge is 2.47. The zero-order chi connectivity index (χ0) is 24.9. The van der Waals surface area contributed by atoms with Crippen LogP contribution in [0.4, 0.5) is 5.69 Å². The fourth-order valence-electron chi connectivity index (χ4n) is 4.03. The number of carbonyl (C=O) groups excluding carboxylic acids is 2. The van der Waals surface area contributed by atoms with E-state index in [1.807, 2.05) is 13.0 Å². The molecular formula is C28H24N2O5. The largest absolute Gasteiger partial charge is 0.507 e. The zero-order valence-electron chi connectivity index (χ0n) is 19.4. The number of nitriles is 1. The molecule has 35 heavy (non-hydrogen) atoms. The molecule has 0 radical (unpaired) electrons. The molecule has 3 aromatic rings. The van der Waals surface area contributed by atoms with E-state index in [0.717, 1.165) is 6.42 Å². The standard InChI is InChI=1S/C28H24N2O5/c1-3-14-35-23-9-4-6-19(15-23)25-24(26(31)20-7-5-8-22(16-20)34-2)27(32)28(33)30(25)21-12-10-18(17-29)11-13-21/h4-13,15-16,25,31H,3,14H2,1-2H3/b26-24-. The second kappa shape index (κ2) is 10.1. The maximum absolute atomic E-state index is 13.3. The Morgan fingerprint density at radius 3 is 2.43 bits per heavy atom. The minimum atomic E-state index is -0.903. The molecule has 176 valence electrons. The molecule has 0 aromatic heterocycles. The molecule has 1 atom stereocenters. The molecule has 1 N–H and O–H groups in total. The van der Waals surface area contributed by atoms with Gasteiger partial charge in [0.05, 0.1) is 37.0 Å². The summed E-state index contributed by atoms with van der Waals surface area (Å²) in [5.74, 6) is -0.787. The van der Waals surface area contributed by atoms with Crippen molar-refractivity contribution in [1.82, 2.24) is 0 Å². The lowest BCUT2D eigenvalue weighted by Crippen LogP contribution is -2.29. The van der Waals surface area contributed by atoms with Crippen LogP contribution in [0.1, 0.15) is 36.1 Å². The molecule has 3 aromatic carbocycles. The van der Waals surface area contributed by atoms with Crippen molar-refractivity contribution in [3.63, 3.8) is 0 Å². The Hall–Kier alpha value is -4.57. The van der Waals surface area contributed by atoms with Gasteiger partial charge in [-0.2, -0.15) is 5.26 Å². The summed E-state index contributed by atoms with van der Waals surface area (Å²) in [4.78, 5) is 27.9. The van der Waals surface area contributed by atoms with E-state index >= 15 is 0 Å². The third-order valence-electron chi connectivity index (χ3n) is 5.71. The van der Waals surface area contributed by atoms with E-state index in [1.165, 1.54) is 12.0 Å². The molecule has 0 spiro atoms. The minimum Gasteiger partial charge on any atom is -0.507 e. The third kappa shape index (κ3) is 4.59. The Labute approximate surface area is 203 Å². The maximum atomic E-state index is 13.3. The van der Waals surface area contributed by atoms with Crippen LogP contribution in [-0.4, -0.2) is 30.5 Å². The lowest BCUT2D eigenvalue weighted by molar-refractivity contribution is -0.132. The molecule has 1 saturated heterocycles. The van der Waals surface area contributed by atoms with Crippen LogP contribution in [0.2, 0.25) is 0 Å². The summed E-state index contributed by atoms with van der Waals surface area (Å²) >= 11 is 0. The molecule has 1 heterocycles. The molecule has 0 bridgehead atoms. The first-order valence-electron chi connectivity index (χ1n) is 11.2. The number of hydrogen-bond donors (Lipinski definition) is 1. The van der Waals surface area contributed by atoms with Crippen molar-refractivity contribution in [2.45, 2.75) is 19.4 Å². The number of aliphatic hydroxyl groups is 1. The van der Waals surface area contributed by atoms with E-state index in [0.29, 0.717) is 40.5 Å². The number of benzene rings is 3. The summed E-state index contributed by atoms with van der Waals surface area (Å²) in [5, 5.41) is 20.4. The molecule has 1 amide bonds. The molecule has 1 unspecified atom stereocenters. The van der Waals surface area contributed by atoms with Gasteiger partial charge in [0.1, 0.15) is 17.3 Å². The van der Waals surface area contributed by atoms with Crippen molar-refractivity contribution in [2.24, 2.45) is 0 Å². The van der Waals surface area contributed by atoms with Gasteiger partial charge in [-0.3, -0.25) is 14.5 Å². The van der Waals surface area contributed by atoms with E-state index in [-0.39, 0.29) is 11.3 Å². The van der Waals surface area contributed by atoms with Crippen molar-refractivity contribution in [2.75, 3.05) is 18.6 Å². The van der Waals surface area contributed by atoms with Gasteiger partial charge in [0.2, 0.25) is 0 Å². The number of carbonyl (C=O) groups is 2. The third-order valence-corrected chi connectivity index (χ3v) is 5.71. The zero-order valence-corrected chi connectivity index (χ0v) is 19.4. The summed E-state index contributed by atoms with van der Waals surface area (Å²) in [6, 6.07) is 21.3. The Bertz CT molecular complexity index is 1340. The van der Waals surface area contributed by atoms with E-state index < -0.39 is 17.7 Å². The van der Waals surface area contributed by atoms with Gasteiger partial charge in [-0.1, -0.05) is 31.2 Å². The number of rotatable bonds is 7. The van der Waals surface area contributed by atoms with Gasteiger partial charge in [0.15, 0.2) is 0 Å². The topological polar surface area (TPSA) is 99.9 Å². The summed E-state index contributed by atoms with van der Waals surface area (Å²) in [5.41, 5.74) is 1.77. The van der Waals surface area contributed by atoms with Crippen molar-refractivity contribution in [3.8, 4) is 17.6 Å². The van der Waals surface area contributed by atoms with Crippen LogP contribution in [0.3, 0.4) is 0 Å². The monoisotopic (exact) mass is 468 g/mol. The Morgan fingerprint density at radius 2 is 1.74 bits per heavy atom. The smallest absolute Gasteiger partial charge is 0.300 e. The average molecular weight is 469 g/mol. The van der Waals surface area contributed by atoms with Crippen LogP contribution in [0.5, 0.6) is 11.5 Å². The van der Waals surface area contributed by atoms with E-state index in [1.54, 1.807) is 72.8 Å². The first-order valence-corrected chi connectivity index (χ1v) is 11.2. The maximum Gasteiger partial charge on any atom is 0.300 e. The van der Waals surface area contributed by atoms with Crippen molar-refractivity contribution in [3.05, 3.63) is 95.1 Å². The van der Waals surface area contributed by atoms with Crippen molar-refractivity contribution in [1.29, 1.82) is 5.26 Å². The van der Waals surface area contributed by atoms with Crippen LogP contribution < -0.4 is 14.4 Å². The van der Waals surface area contributed by atoms with E-state index in [4.69, 9.17) is 14.7 Å². The first kappa shape index (κ1) is 23.6. The fraction of sp³-hybridized carbons (Fsp3) is 0.179. The second-order valence-corrected chi connectivity index (χ2v) is 7.98. The number of nitrogens with zero attached hydrogens (tertiary/aromatic N) is 2. The highest BCUT2D eigenvalue weighted by molar-refractivity contribution is 6.51. The molecule has 0 aliphatic carbocycles. The second-order valence-electron chi connectivity index (χ2n) is 7.98. The normalized spacial score (nSPS) is 16.7. The Morgan fingerprint density at radius 1 is 1.03 bits per heavy atom. The number of ketones is 1. The predicted octanol–water partition coefficient (Wildman–Crippen LogP) is 4.98. The minimum absolute atomic E-state index is 0.0414. The first-order chi connectivity index (χ1) is 17.0. The highest BCUT2D eigenvalue weighted by atomic mass is 16.5. The van der Waals surface area contributed by atoms with Gasteiger partial charge in [-0.25, -0.2) is 0 Å². The SMILES string of the molecule is CCCOc1cccc(C2/C(=C(/O)c3cccc(OC)c3)C(=O)C(=O)N2c2ccc(C#N)cc2)c1. The van der Waals surface area contributed by atoms with Gasteiger partial charge in [-0.05, 0) is 60.5 Å². The predicted molar refractivity (Wildman–Crippen MR) is 131 cm³/mol. The van der Waals surface area contributed by atoms with Crippen molar-refractivity contribution < 1.29 is 24.2 Å². The number of hydrogen-bond acceptors (Lipinski definition) is 6. The van der Waals surface area contributed by atoms with Crippen LogP contribution in [0.25, 0.3) is 5.76 Å². The number of methoxy groups -OCH3 is 1. The van der Waals surface area contributed by atoms with Gasteiger partial charge >= 0.3 is 0 Å². The highest BCUT2D eigenvalue weighted by Crippen LogP contribution is 2.43. The fourth-order valence-corrected chi connectivity index (χ4v) is 4.03. The van der Waals surface area contributed by atoms with Gasteiger partial charge < -0.3 is 14.6 Å². The number of amides is 1. The summed E-state index contributed by atoms with van der Waals surface area (Å²) in [6.45, 7) is 2.51. The molecule has 4 rings (SSSR count). The molecule has 7 heteroatoms. The lowest BCUT2D eigenvalue weighted by atomic mass is 9.95. The number of anilines is 1. The van der Waals surface area contributed by atoms with E-state index in [2.05, 4.69) is 0 Å². The van der Waals surface area contributed by atoms with Crippen molar-refractivity contribution >= 4 is 23.1 Å². The Kier molecular flexibility index (Phi) is 6.83. The van der Waals surface area contributed by atoms with Gasteiger partial charge in [0.25, 0.3) is 11.7 Å². The van der Waals surface area contributed by atoms with Gasteiger partial charge in [-0.15, -0.1) is 0 Å². The van der Waals surface area contributed by atoms with Crippen LogP contribution in [0, 0.1) is 11.3 Å².